The van der Waals surface area contributed by atoms with Crippen molar-refractivity contribution in [2.75, 3.05) is 10.6 Å². The fourth-order valence-electron chi connectivity index (χ4n) is 1.86. The van der Waals surface area contributed by atoms with Crippen LogP contribution in [-0.2, 0) is 4.79 Å². The molecule has 0 aliphatic rings. The van der Waals surface area contributed by atoms with Crippen molar-refractivity contribution in [1.82, 2.24) is 0 Å². The van der Waals surface area contributed by atoms with Gasteiger partial charge in [0, 0.05) is 22.1 Å². The summed E-state index contributed by atoms with van der Waals surface area (Å²) >= 11 is 2.09. The molecule has 0 fully saturated rings. The largest absolute Gasteiger partial charge is 0.324 e. The van der Waals surface area contributed by atoms with Crippen LogP contribution in [0.25, 0.3) is 0 Å². The van der Waals surface area contributed by atoms with Crippen LogP contribution >= 0.6 is 22.6 Å². The van der Waals surface area contributed by atoms with Crippen molar-refractivity contribution < 1.29 is 18.4 Å². The van der Waals surface area contributed by atoms with Crippen LogP contribution in [0.3, 0.4) is 0 Å². The molecule has 0 atom stereocenters. The number of aryl methyl sites for hydroxylation is 1. The predicted octanol–water partition coefficient (Wildman–Crippen LogP) is 4.09. The molecule has 2 aromatic rings. The Morgan fingerprint density at radius 3 is 2.17 bits per heavy atom. The first-order valence-corrected chi connectivity index (χ1v) is 7.70. The quantitative estimate of drug-likeness (QED) is 0.721. The van der Waals surface area contributed by atoms with Gasteiger partial charge >= 0.3 is 0 Å². The molecule has 7 heteroatoms. The summed E-state index contributed by atoms with van der Waals surface area (Å²) in [4.78, 5) is 23.2. The summed E-state index contributed by atoms with van der Waals surface area (Å²) in [5.74, 6) is -2.87. The Kier molecular flexibility index (Phi) is 5.30. The van der Waals surface area contributed by atoms with Gasteiger partial charge in [0.25, 0.3) is 5.91 Å². The van der Waals surface area contributed by atoms with Crippen molar-refractivity contribution in [3.05, 3.63) is 56.7 Å². The molecule has 2 N–H and O–H groups in total. The number of nitrogens with one attached hydrogen (secondary N) is 2. The highest BCUT2D eigenvalue weighted by molar-refractivity contribution is 14.1. The Morgan fingerprint density at radius 2 is 1.61 bits per heavy atom. The molecule has 4 nitrogen and oxygen atoms in total. The van der Waals surface area contributed by atoms with Gasteiger partial charge in [-0.2, -0.15) is 0 Å². The zero-order chi connectivity index (χ0) is 17.1. The van der Waals surface area contributed by atoms with Gasteiger partial charge in [0.1, 0.15) is 11.6 Å². The minimum absolute atomic E-state index is 0.201. The maximum absolute atomic E-state index is 13.8. The number of amides is 2. The number of carbonyl (C=O) groups is 2. The second-order valence-electron chi connectivity index (χ2n) is 4.91. The fraction of sp³-hybridized carbons (Fsp3) is 0.125. The molecule has 0 spiro atoms. The summed E-state index contributed by atoms with van der Waals surface area (Å²) in [5, 5.41) is 4.62. The lowest BCUT2D eigenvalue weighted by Gasteiger charge is -2.11. The first-order chi connectivity index (χ1) is 10.8. The molecule has 2 aromatic carbocycles. The average molecular weight is 430 g/mol. The van der Waals surface area contributed by atoms with E-state index in [1.165, 1.54) is 6.92 Å². The first-order valence-electron chi connectivity index (χ1n) is 6.62. The Morgan fingerprint density at radius 1 is 1.00 bits per heavy atom. The van der Waals surface area contributed by atoms with Crippen molar-refractivity contribution in [2.45, 2.75) is 13.8 Å². The number of rotatable bonds is 3. The van der Waals surface area contributed by atoms with E-state index in [2.05, 4.69) is 33.2 Å². The van der Waals surface area contributed by atoms with Crippen molar-refractivity contribution in [2.24, 2.45) is 0 Å². The minimum atomic E-state index is -0.924. The number of anilines is 2. The van der Waals surface area contributed by atoms with E-state index in [4.69, 9.17) is 0 Å². The maximum Gasteiger partial charge on any atom is 0.255 e. The van der Waals surface area contributed by atoms with Gasteiger partial charge in [-0.15, -0.1) is 0 Å². The zero-order valence-corrected chi connectivity index (χ0v) is 14.5. The monoisotopic (exact) mass is 430 g/mol. The minimum Gasteiger partial charge on any atom is -0.324 e. The van der Waals surface area contributed by atoms with Gasteiger partial charge in [0.05, 0.1) is 11.4 Å². The molecule has 2 amide bonds. The number of carbonyl (C=O) groups excluding carboxylic acids is 2. The highest BCUT2D eigenvalue weighted by Gasteiger charge is 2.14. The van der Waals surface area contributed by atoms with E-state index in [0.29, 0.717) is 11.6 Å². The molecular formula is C16H13F2IN2O2. The molecule has 0 bridgehead atoms. The molecule has 0 unspecified atom stereocenters. The first kappa shape index (κ1) is 17.3. The fourth-order valence-corrected chi connectivity index (χ4v) is 2.37. The zero-order valence-electron chi connectivity index (χ0n) is 12.3. The Labute approximate surface area is 145 Å². The third-order valence-corrected chi connectivity index (χ3v) is 4.21. The van der Waals surface area contributed by atoms with E-state index in [0.717, 1.165) is 15.2 Å². The molecule has 2 rings (SSSR count). The van der Waals surface area contributed by atoms with Gasteiger partial charge in [-0.05, 0) is 53.3 Å². The number of hydrogen-bond acceptors (Lipinski definition) is 2. The third kappa shape index (κ3) is 4.25. The van der Waals surface area contributed by atoms with Crippen molar-refractivity contribution in [3.63, 3.8) is 0 Å². The lowest BCUT2D eigenvalue weighted by Crippen LogP contribution is -2.15. The van der Waals surface area contributed by atoms with Crippen LogP contribution in [0.5, 0.6) is 0 Å². The molecular weight excluding hydrogens is 417 g/mol. The average Bonchev–Trinajstić information content (AvgIpc) is 2.46. The van der Waals surface area contributed by atoms with Crippen LogP contribution in [0.15, 0.2) is 30.3 Å². The van der Waals surface area contributed by atoms with Gasteiger partial charge < -0.3 is 10.6 Å². The van der Waals surface area contributed by atoms with Gasteiger partial charge in [0.2, 0.25) is 5.91 Å². The molecule has 120 valence electrons. The normalized spacial score (nSPS) is 10.3. The highest BCUT2D eigenvalue weighted by Crippen LogP contribution is 2.24. The van der Waals surface area contributed by atoms with Crippen LogP contribution < -0.4 is 10.6 Å². The summed E-state index contributed by atoms with van der Waals surface area (Å²) in [6.45, 7) is 3.11. The van der Waals surface area contributed by atoms with E-state index < -0.39 is 23.4 Å². The van der Waals surface area contributed by atoms with Gasteiger partial charge in [-0.25, -0.2) is 8.78 Å². The van der Waals surface area contributed by atoms with Crippen LogP contribution in [0.2, 0.25) is 0 Å². The van der Waals surface area contributed by atoms with Crippen LogP contribution in [0, 0.1) is 22.1 Å². The molecule has 0 heterocycles. The van der Waals surface area contributed by atoms with E-state index >= 15 is 0 Å². The van der Waals surface area contributed by atoms with Crippen molar-refractivity contribution in [3.8, 4) is 0 Å². The summed E-state index contributed by atoms with van der Waals surface area (Å²) in [6, 6.07) is 6.72. The van der Waals surface area contributed by atoms with E-state index in [9.17, 15) is 18.4 Å². The molecule has 0 radical (unpaired) electrons. The molecule has 0 aliphatic carbocycles. The summed E-state index contributed by atoms with van der Waals surface area (Å²) in [6.07, 6.45) is 0. The topological polar surface area (TPSA) is 58.2 Å². The second kappa shape index (κ2) is 7.03. The smallest absolute Gasteiger partial charge is 0.255 e. The number of hydrogen-bond donors (Lipinski definition) is 2. The standard InChI is InChI=1S/C16H13F2IN2O2/c1-8-3-4-10(5-13(8)19)16(23)21-15-7-14(20-9(2)22)11(17)6-12(15)18/h3-7H,1-2H3,(H,20,22)(H,21,23). The third-order valence-electron chi connectivity index (χ3n) is 3.05. The number of benzene rings is 2. The SMILES string of the molecule is CC(=O)Nc1cc(NC(=O)c2ccc(C)c(I)c2)c(F)cc1F. The molecule has 0 aliphatic heterocycles. The van der Waals surface area contributed by atoms with E-state index in [-0.39, 0.29) is 11.4 Å². The number of halogens is 3. The summed E-state index contributed by atoms with van der Waals surface area (Å²) < 4.78 is 28.3. The van der Waals surface area contributed by atoms with E-state index in [1.54, 1.807) is 18.2 Å². The molecule has 23 heavy (non-hydrogen) atoms. The maximum atomic E-state index is 13.8. The molecule has 0 aromatic heterocycles. The van der Waals surface area contributed by atoms with Gasteiger partial charge in [-0.1, -0.05) is 6.07 Å². The second-order valence-corrected chi connectivity index (χ2v) is 6.07. The van der Waals surface area contributed by atoms with Gasteiger partial charge in [-0.3, -0.25) is 9.59 Å². The van der Waals surface area contributed by atoms with Crippen molar-refractivity contribution >= 4 is 45.8 Å². The van der Waals surface area contributed by atoms with Crippen LogP contribution in [0.4, 0.5) is 20.2 Å². The van der Waals surface area contributed by atoms with Crippen LogP contribution in [0.1, 0.15) is 22.8 Å². The lowest BCUT2D eigenvalue weighted by atomic mass is 10.1. The van der Waals surface area contributed by atoms with E-state index in [1.807, 2.05) is 6.92 Å². The highest BCUT2D eigenvalue weighted by atomic mass is 127. The predicted molar refractivity (Wildman–Crippen MR) is 92.5 cm³/mol. The van der Waals surface area contributed by atoms with Gasteiger partial charge in [0.15, 0.2) is 0 Å². The Bertz CT molecular complexity index is 794. The Hall–Kier alpha value is -2.03. The van der Waals surface area contributed by atoms with Crippen molar-refractivity contribution in [1.29, 1.82) is 0 Å². The summed E-state index contributed by atoms with van der Waals surface area (Å²) in [5.41, 5.74) is 0.955. The Balaban J connectivity index is 2.29. The summed E-state index contributed by atoms with van der Waals surface area (Å²) in [7, 11) is 0. The van der Waals surface area contributed by atoms with Crippen LogP contribution in [-0.4, -0.2) is 11.8 Å². The molecule has 0 saturated heterocycles. The molecule has 0 saturated carbocycles. The lowest BCUT2D eigenvalue weighted by molar-refractivity contribution is -0.114.